The lowest BCUT2D eigenvalue weighted by molar-refractivity contribution is -0.144. The second-order valence-electron chi connectivity index (χ2n) is 5.49. The van der Waals surface area contributed by atoms with Crippen LogP contribution in [0, 0.1) is 0 Å². The van der Waals surface area contributed by atoms with Gasteiger partial charge in [-0.1, -0.05) is 31.0 Å². The van der Waals surface area contributed by atoms with E-state index in [4.69, 9.17) is 11.6 Å². The first-order chi connectivity index (χ1) is 10.9. The van der Waals surface area contributed by atoms with Gasteiger partial charge in [0.1, 0.15) is 5.54 Å². The minimum atomic E-state index is -1.30. The zero-order chi connectivity index (χ0) is 17.0. The monoisotopic (exact) mass is 335 g/mol. The maximum Gasteiger partial charge on any atom is 0.329 e. The third-order valence-corrected chi connectivity index (χ3v) is 3.76. The van der Waals surface area contributed by atoms with Gasteiger partial charge in [-0.05, 0) is 31.5 Å². The summed E-state index contributed by atoms with van der Waals surface area (Å²) in [6.45, 7) is 3.36. The van der Waals surface area contributed by atoms with Crippen molar-refractivity contribution >= 4 is 23.5 Å². The number of hydrogen-bond acceptors (Lipinski definition) is 3. The lowest BCUT2D eigenvalue weighted by Gasteiger charge is -2.25. The van der Waals surface area contributed by atoms with E-state index in [0.29, 0.717) is 23.6 Å². The van der Waals surface area contributed by atoms with E-state index in [0.717, 1.165) is 0 Å². The van der Waals surface area contributed by atoms with Gasteiger partial charge < -0.3 is 10.4 Å². The lowest BCUT2D eigenvalue weighted by atomic mass is 9.96. The molecule has 1 aromatic carbocycles. The number of nitrogens with one attached hydrogen (secondary N) is 1. The standard InChI is InChI=1S/C16H18ClN3O3/c1-3-7-16(2,15(22)23)19-14(21)11-9-18-20(10-11)13-6-4-5-12(17)8-13/h4-6,8-10H,3,7H2,1-2H3,(H,19,21)(H,22,23). The summed E-state index contributed by atoms with van der Waals surface area (Å²) in [4.78, 5) is 23.7. The van der Waals surface area contributed by atoms with Crippen molar-refractivity contribution in [3.05, 3.63) is 47.2 Å². The van der Waals surface area contributed by atoms with Crippen molar-refractivity contribution in [3.8, 4) is 5.69 Å². The number of carboxylic acids is 1. The van der Waals surface area contributed by atoms with Crippen LogP contribution in [-0.2, 0) is 4.79 Å². The second-order valence-corrected chi connectivity index (χ2v) is 5.93. The highest BCUT2D eigenvalue weighted by Crippen LogP contribution is 2.16. The molecule has 0 saturated carbocycles. The number of benzene rings is 1. The fraction of sp³-hybridized carbons (Fsp3) is 0.312. The maximum absolute atomic E-state index is 12.3. The zero-order valence-electron chi connectivity index (χ0n) is 12.9. The van der Waals surface area contributed by atoms with Crippen LogP contribution in [-0.4, -0.2) is 32.3 Å². The topological polar surface area (TPSA) is 84.2 Å². The molecule has 7 heteroatoms. The average molecular weight is 336 g/mol. The van der Waals surface area contributed by atoms with Crippen molar-refractivity contribution in [2.45, 2.75) is 32.2 Å². The van der Waals surface area contributed by atoms with Gasteiger partial charge in [-0.25, -0.2) is 9.48 Å². The van der Waals surface area contributed by atoms with E-state index in [1.54, 1.807) is 24.3 Å². The number of rotatable bonds is 6. The van der Waals surface area contributed by atoms with E-state index in [-0.39, 0.29) is 5.56 Å². The Labute approximate surface area is 139 Å². The molecule has 0 spiro atoms. The Bertz CT molecular complexity index is 729. The summed E-state index contributed by atoms with van der Waals surface area (Å²) in [7, 11) is 0. The summed E-state index contributed by atoms with van der Waals surface area (Å²) < 4.78 is 1.51. The van der Waals surface area contributed by atoms with Crippen LogP contribution < -0.4 is 5.32 Å². The van der Waals surface area contributed by atoms with E-state index in [9.17, 15) is 14.7 Å². The summed E-state index contributed by atoms with van der Waals surface area (Å²) in [6, 6.07) is 7.04. The van der Waals surface area contributed by atoms with Gasteiger partial charge in [-0.2, -0.15) is 5.10 Å². The van der Waals surface area contributed by atoms with E-state index >= 15 is 0 Å². The predicted octanol–water partition coefficient (Wildman–Crippen LogP) is 2.90. The minimum absolute atomic E-state index is 0.286. The molecule has 0 aliphatic heterocycles. The molecule has 1 aromatic heterocycles. The third-order valence-electron chi connectivity index (χ3n) is 3.53. The Morgan fingerprint density at radius 2 is 2.17 bits per heavy atom. The molecule has 0 fully saturated rings. The van der Waals surface area contributed by atoms with Gasteiger partial charge in [0.2, 0.25) is 0 Å². The highest BCUT2D eigenvalue weighted by atomic mass is 35.5. The summed E-state index contributed by atoms with van der Waals surface area (Å²) in [5.41, 5.74) is -0.302. The molecule has 0 radical (unpaired) electrons. The van der Waals surface area contributed by atoms with Gasteiger partial charge in [0, 0.05) is 11.2 Å². The van der Waals surface area contributed by atoms with Crippen molar-refractivity contribution < 1.29 is 14.7 Å². The summed E-state index contributed by atoms with van der Waals surface area (Å²) in [5.74, 6) is -1.54. The van der Waals surface area contributed by atoms with Crippen molar-refractivity contribution in [3.63, 3.8) is 0 Å². The molecule has 0 aliphatic carbocycles. The molecule has 1 unspecified atom stereocenters. The highest BCUT2D eigenvalue weighted by Gasteiger charge is 2.34. The van der Waals surface area contributed by atoms with Crippen molar-refractivity contribution in [1.82, 2.24) is 15.1 Å². The van der Waals surface area contributed by atoms with Crippen LogP contribution in [0.25, 0.3) is 5.69 Å². The molecule has 0 bridgehead atoms. The smallest absolute Gasteiger partial charge is 0.329 e. The molecule has 23 heavy (non-hydrogen) atoms. The normalized spacial score (nSPS) is 13.3. The maximum atomic E-state index is 12.3. The molecular weight excluding hydrogens is 318 g/mol. The quantitative estimate of drug-likeness (QED) is 0.850. The number of carbonyl (C=O) groups excluding carboxylic acids is 1. The molecular formula is C16H18ClN3O3. The minimum Gasteiger partial charge on any atom is -0.480 e. The lowest BCUT2D eigenvalue weighted by Crippen LogP contribution is -2.52. The molecule has 2 aromatic rings. The molecule has 0 aliphatic rings. The van der Waals surface area contributed by atoms with Crippen molar-refractivity contribution in [1.29, 1.82) is 0 Å². The molecule has 1 amide bonds. The molecule has 1 heterocycles. The van der Waals surface area contributed by atoms with Gasteiger partial charge >= 0.3 is 5.97 Å². The van der Waals surface area contributed by atoms with Crippen molar-refractivity contribution in [2.24, 2.45) is 0 Å². The number of aromatic nitrogens is 2. The Hall–Kier alpha value is -2.34. The van der Waals surface area contributed by atoms with Gasteiger partial charge in [-0.15, -0.1) is 0 Å². The van der Waals surface area contributed by atoms with Crippen LogP contribution >= 0.6 is 11.6 Å². The van der Waals surface area contributed by atoms with Gasteiger partial charge in [0.15, 0.2) is 0 Å². The number of carbonyl (C=O) groups is 2. The zero-order valence-corrected chi connectivity index (χ0v) is 13.7. The molecule has 2 rings (SSSR count). The molecule has 2 N–H and O–H groups in total. The number of halogens is 1. The Morgan fingerprint density at radius 3 is 2.78 bits per heavy atom. The predicted molar refractivity (Wildman–Crippen MR) is 87.0 cm³/mol. The molecule has 1 atom stereocenters. The van der Waals surface area contributed by atoms with E-state index in [2.05, 4.69) is 10.4 Å². The summed E-state index contributed by atoms with van der Waals surface area (Å²) in [6.07, 6.45) is 3.92. The Balaban J connectivity index is 2.20. The number of hydrogen-bond donors (Lipinski definition) is 2. The Kier molecular flexibility index (Phi) is 5.05. The number of amides is 1. The molecule has 122 valence electrons. The van der Waals surface area contributed by atoms with Gasteiger partial charge in [0.05, 0.1) is 17.4 Å². The fourth-order valence-corrected chi connectivity index (χ4v) is 2.43. The molecule has 0 saturated heterocycles. The molecule has 6 nitrogen and oxygen atoms in total. The SMILES string of the molecule is CCCC(C)(NC(=O)c1cnn(-c2cccc(Cl)c2)c1)C(=O)O. The largest absolute Gasteiger partial charge is 0.480 e. The van der Waals surface area contributed by atoms with Crippen LogP contribution in [0.15, 0.2) is 36.7 Å². The van der Waals surface area contributed by atoms with Gasteiger partial charge in [0.25, 0.3) is 5.91 Å². The highest BCUT2D eigenvalue weighted by molar-refractivity contribution is 6.30. The Morgan fingerprint density at radius 1 is 1.43 bits per heavy atom. The number of aliphatic carboxylic acids is 1. The number of carboxylic acid groups (broad SMARTS) is 1. The fourth-order valence-electron chi connectivity index (χ4n) is 2.25. The third kappa shape index (κ3) is 3.90. The average Bonchev–Trinajstić information content (AvgIpc) is 2.97. The van der Waals surface area contributed by atoms with Crippen molar-refractivity contribution in [2.75, 3.05) is 0 Å². The van der Waals surface area contributed by atoms with Gasteiger partial charge in [-0.3, -0.25) is 4.79 Å². The van der Waals surface area contributed by atoms with Crippen LogP contribution in [0.1, 0.15) is 37.0 Å². The van der Waals surface area contributed by atoms with Crippen LogP contribution in [0.3, 0.4) is 0 Å². The van der Waals surface area contributed by atoms with E-state index in [1.165, 1.54) is 24.0 Å². The van der Waals surface area contributed by atoms with Crippen LogP contribution in [0.5, 0.6) is 0 Å². The number of nitrogens with zero attached hydrogens (tertiary/aromatic N) is 2. The first kappa shape index (κ1) is 17.0. The summed E-state index contributed by atoms with van der Waals surface area (Å²) in [5, 5.41) is 16.6. The first-order valence-electron chi connectivity index (χ1n) is 7.22. The first-order valence-corrected chi connectivity index (χ1v) is 7.60. The summed E-state index contributed by atoms with van der Waals surface area (Å²) >= 11 is 5.94. The van der Waals surface area contributed by atoms with Crippen LogP contribution in [0.2, 0.25) is 5.02 Å². The van der Waals surface area contributed by atoms with E-state index in [1.807, 2.05) is 6.92 Å². The van der Waals surface area contributed by atoms with Crippen LogP contribution in [0.4, 0.5) is 0 Å². The van der Waals surface area contributed by atoms with E-state index < -0.39 is 17.4 Å². The second kappa shape index (κ2) is 6.83.